The van der Waals surface area contributed by atoms with E-state index in [0.29, 0.717) is 11.4 Å². The number of rotatable bonds is 1. The predicted octanol–water partition coefficient (Wildman–Crippen LogP) is 3.87. The summed E-state index contributed by atoms with van der Waals surface area (Å²) in [5.74, 6) is 0.162. The molecule has 14 heavy (non-hydrogen) atoms. The van der Waals surface area contributed by atoms with E-state index < -0.39 is 0 Å². The van der Waals surface area contributed by atoms with Gasteiger partial charge in [-0.25, -0.2) is 9.37 Å². The number of hydrogen-bond acceptors (Lipinski definition) is 2. The average Bonchev–Trinajstić information content (AvgIpc) is 2.47. The van der Waals surface area contributed by atoms with E-state index in [2.05, 4.69) is 18.8 Å². The molecule has 0 N–H and O–H groups in total. The number of benzene rings is 1. The maximum atomic E-state index is 13.5. The van der Waals surface area contributed by atoms with E-state index in [0.717, 1.165) is 15.3 Å². The molecule has 2 rings (SSSR count). The lowest BCUT2D eigenvalue weighted by Gasteiger charge is -1.94. The number of halogens is 1. The third-order valence-electron chi connectivity index (χ3n) is 2.10. The molecule has 1 aromatic carbocycles. The minimum absolute atomic E-state index is 0.205. The third-order valence-corrected chi connectivity index (χ3v) is 3.41. The van der Waals surface area contributed by atoms with Crippen LogP contribution in [0.1, 0.15) is 30.3 Å². The highest BCUT2D eigenvalue weighted by atomic mass is 32.1. The zero-order valence-corrected chi connectivity index (χ0v) is 9.28. The van der Waals surface area contributed by atoms with Gasteiger partial charge in [-0.1, -0.05) is 13.8 Å². The first-order valence-corrected chi connectivity index (χ1v) is 5.46. The molecule has 0 saturated heterocycles. The minimum atomic E-state index is -0.205. The van der Waals surface area contributed by atoms with Crippen molar-refractivity contribution in [2.75, 3.05) is 0 Å². The summed E-state index contributed by atoms with van der Waals surface area (Å²) in [6, 6.07) is 3.52. The Morgan fingerprint density at radius 3 is 2.71 bits per heavy atom. The van der Waals surface area contributed by atoms with Gasteiger partial charge in [0.15, 0.2) is 5.82 Å². The molecule has 1 aromatic heterocycles. The van der Waals surface area contributed by atoms with Crippen LogP contribution in [-0.4, -0.2) is 4.98 Å². The van der Waals surface area contributed by atoms with Crippen molar-refractivity contribution in [2.45, 2.75) is 26.7 Å². The molecule has 0 radical (unpaired) electrons. The zero-order valence-electron chi connectivity index (χ0n) is 8.47. The number of nitrogens with zero attached hydrogens (tertiary/aromatic N) is 1. The fraction of sp³-hybridized carbons (Fsp3) is 0.364. The molecule has 0 fully saturated rings. The maximum Gasteiger partial charge on any atom is 0.150 e. The highest BCUT2D eigenvalue weighted by molar-refractivity contribution is 7.18. The van der Waals surface area contributed by atoms with Crippen LogP contribution >= 0.6 is 11.3 Å². The Morgan fingerprint density at radius 2 is 2.07 bits per heavy atom. The van der Waals surface area contributed by atoms with Crippen molar-refractivity contribution in [2.24, 2.45) is 0 Å². The highest BCUT2D eigenvalue weighted by Gasteiger charge is 2.10. The Bertz CT molecular complexity index is 473. The molecular weight excluding hydrogens is 197 g/mol. The highest BCUT2D eigenvalue weighted by Crippen LogP contribution is 2.29. The Balaban J connectivity index is 2.70. The second kappa shape index (κ2) is 3.31. The van der Waals surface area contributed by atoms with E-state index in [-0.39, 0.29) is 5.82 Å². The van der Waals surface area contributed by atoms with Crippen LogP contribution in [0.3, 0.4) is 0 Å². The molecule has 0 saturated carbocycles. The van der Waals surface area contributed by atoms with Crippen LogP contribution in [0.4, 0.5) is 4.39 Å². The SMILES string of the molecule is Cc1cc(F)c2nc(C(C)C)sc2c1. The first-order chi connectivity index (χ1) is 6.58. The summed E-state index contributed by atoms with van der Waals surface area (Å²) in [7, 11) is 0. The largest absolute Gasteiger partial charge is 0.238 e. The molecule has 74 valence electrons. The summed E-state index contributed by atoms with van der Waals surface area (Å²) in [5.41, 5.74) is 1.47. The van der Waals surface area contributed by atoms with Gasteiger partial charge >= 0.3 is 0 Å². The molecule has 1 heterocycles. The first-order valence-electron chi connectivity index (χ1n) is 4.64. The molecule has 0 bridgehead atoms. The number of thiazole rings is 1. The molecule has 0 unspecified atom stereocenters. The van der Waals surface area contributed by atoms with Gasteiger partial charge in [0.2, 0.25) is 0 Å². The number of fused-ring (bicyclic) bond motifs is 1. The van der Waals surface area contributed by atoms with Gasteiger partial charge in [0.05, 0.1) is 9.71 Å². The summed E-state index contributed by atoms with van der Waals surface area (Å²) in [6.45, 7) is 6.04. The molecular formula is C11H12FNS. The fourth-order valence-electron chi connectivity index (χ4n) is 1.38. The second-order valence-electron chi connectivity index (χ2n) is 3.80. The van der Waals surface area contributed by atoms with Gasteiger partial charge in [-0.3, -0.25) is 0 Å². The van der Waals surface area contributed by atoms with Crippen LogP contribution in [0.2, 0.25) is 0 Å². The average molecular weight is 209 g/mol. The molecule has 0 spiro atoms. The number of hydrogen-bond donors (Lipinski definition) is 0. The van der Waals surface area contributed by atoms with Gasteiger partial charge < -0.3 is 0 Å². The summed E-state index contributed by atoms with van der Waals surface area (Å²) in [6.07, 6.45) is 0. The molecule has 0 atom stereocenters. The zero-order chi connectivity index (χ0) is 10.3. The van der Waals surface area contributed by atoms with E-state index in [4.69, 9.17) is 0 Å². The smallest absolute Gasteiger partial charge is 0.150 e. The van der Waals surface area contributed by atoms with E-state index in [1.165, 1.54) is 6.07 Å². The van der Waals surface area contributed by atoms with Crippen LogP contribution in [0.25, 0.3) is 10.2 Å². The molecule has 3 heteroatoms. The van der Waals surface area contributed by atoms with Crippen molar-refractivity contribution in [1.82, 2.24) is 4.98 Å². The Kier molecular flexibility index (Phi) is 2.27. The summed E-state index contributed by atoms with van der Waals surface area (Å²) < 4.78 is 14.4. The van der Waals surface area contributed by atoms with Gasteiger partial charge in [-0.05, 0) is 24.6 Å². The fourth-order valence-corrected chi connectivity index (χ4v) is 2.46. The van der Waals surface area contributed by atoms with Gasteiger partial charge in [0.25, 0.3) is 0 Å². The maximum absolute atomic E-state index is 13.5. The monoisotopic (exact) mass is 209 g/mol. The van der Waals surface area contributed by atoms with Gasteiger partial charge in [0, 0.05) is 5.92 Å². The molecule has 0 aliphatic heterocycles. The van der Waals surface area contributed by atoms with Crippen molar-refractivity contribution >= 4 is 21.6 Å². The minimum Gasteiger partial charge on any atom is -0.238 e. The van der Waals surface area contributed by atoms with E-state index in [9.17, 15) is 4.39 Å². The van der Waals surface area contributed by atoms with Crippen LogP contribution < -0.4 is 0 Å². The van der Waals surface area contributed by atoms with Crippen LogP contribution in [-0.2, 0) is 0 Å². The normalized spacial score (nSPS) is 11.5. The third kappa shape index (κ3) is 1.52. The van der Waals surface area contributed by atoms with Crippen LogP contribution in [0, 0.1) is 12.7 Å². The van der Waals surface area contributed by atoms with Crippen molar-refractivity contribution < 1.29 is 4.39 Å². The summed E-state index contributed by atoms with van der Waals surface area (Å²) in [4.78, 5) is 4.30. The molecule has 0 amide bonds. The van der Waals surface area contributed by atoms with Crippen molar-refractivity contribution in [3.05, 3.63) is 28.5 Å². The lowest BCUT2D eigenvalue weighted by molar-refractivity contribution is 0.635. The molecule has 1 nitrogen and oxygen atoms in total. The lowest BCUT2D eigenvalue weighted by atomic mass is 10.2. The second-order valence-corrected chi connectivity index (χ2v) is 4.86. The van der Waals surface area contributed by atoms with Gasteiger partial charge in [-0.15, -0.1) is 11.3 Å². The van der Waals surface area contributed by atoms with Crippen molar-refractivity contribution in [1.29, 1.82) is 0 Å². The Morgan fingerprint density at radius 1 is 1.36 bits per heavy atom. The first kappa shape index (κ1) is 9.59. The van der Waals surface area contributed by atoms with E-state index in [1.807, 2.05) is 13.0 Å². The number of aryl methyl sites for hydroxylation is 1. The molecule has 2 aromatic rings. The topological polar surface area (TPSA) is 12.9 Å². The van der Waals surface area contributed by atoms with Crippen molar-refractivity contribution in [3.63, 3.8) is 0 Å². The van der Waals surface area contributed by atoms with Gasteiger partial charge in [-0.2, -0.15) is 0 Å². The predicted molar refractivity (Wildman–Crippen MR) is 58.4 cm³/mol. The summed E-state index contributed by atoms with van der Waals surface area (Å²) in [5, 5.41) is 1.00. The number of aromatic nitrogens is 1. The lowest BCUT2D eigenvalue weighted by Crippen LogP contribution is -1.85. The van der Waals surface area contributed by atoms with E-state index in [1.54, 1.807) is 11.3 Å². The van der Waals surface area contributed by atoms with Crippen LogP contribution in [0.5, 0.6) is 0 Å². The molecule has 0 aliphatic carbocycles. The van der Waals surface area contributed by atoms with Gasteiger partial charge in [0.1, 0.15) is 5.52 Å². The summed E-state index contributed by atoms with van der Waals surface area (Å²) >= 11 is 1.58. The Hall–Kier alpha value is -0.960. The van der Waals surface area contributed by atoms with Crippen LogP contribution in [0.15, 0.2) is 12.1 Å². The van der Waals surface area contributed by atoms with E-state index >= 15 is 0 Å². The Labute approximate surface area is 86.6 Å². The molecule has 0 aliphatic rings. The quantitative estimate of drug-likeness (QED) is 0.694. The standard InChI is InChI=1S/C11H12FNS/c1-6(2)11-13-10-8(12)4-7(3)5-9(10)14-11/h4-6H,1-3H3. The van der Waals surface area contributed by atoms with Crippen molar-refractivity contribution in [3.8, 4) is 0 Å².